The Bertz CT molecular complexity index is 610. The monoisotopic (exact) mass is 313 g/mol. The van der Waals surface area contributed by atoms with Gasteiger partial charge in [0, 0.05) is 32.0 Å². The first-order chi connectivity index (χ1) is 9.90. The van der Waals surface area contributed by atoms with Crippen molar-refractivity contribution >= 4 is 16.2 Å². The summed E-state index contributed by atoms with van der Waals surface area (Å²) >= 11 is 0. The number of aromatic nitrogens is 1. The van der Waals surface area contributed by atoms with Gasteiger partial charge in [-0.3, -0.25) is 9.78 Å². The second-order valence-corrected chi connectivity index (χ2v) is 6.90. The lowest BCUT2D eigenvalue weighted by atomic mass is 9.99. The van der Waals surface area contributed by atoms with E-state index in [2.05, 4.69) is 9.71 Å². The van der Waals surface area contributed by atoms with Gasteiger partial charge < -0.3 is 5.11 Å². The molecule has 2 heterocycles. The first-order valence-corrected chi connectivity index (χ1v) is 8.21. The van der Waals surface area contributed by atoms with Crippen molar-refractivity contribution in [1.29, 1.82) is 0 Å². The number of carboxylic acids is 1. The van der Waals surface area contributed by atoms with Crippen LogP contribution in [-0.2, 0) is 21.5 Å². The van der Waals surface area contributed by atoms with Crippen molar-refractivity contribution in [2.75, 3.05) is 13.1 Å². The number of aryl methyl sites for hydroxylation is 1. The Morgan fingerprint density at radius 1 is 1.48 bits per heavy atom. The number of aliphatic carboxylic acids is 1. The quantitative estimate of drug-likeness (QED) is 0.825. The summed E-state index contributed by atoms with van der Waals surface area (Å²) in [6, 6.07) is 1.77. The lowest BCUT2D eigenvalue weighted by Crippen LogP contribution is -2.45. The normalized spacial score (nSPS) is 17.8. The Balaban J connectivity index is 1.94. The van der Waals surface area contributed by atoms with E-state index in [0.29, 0.717) is 12.8 Å². The standard InChI is InChI=1S/C13H19N3O4S/c1-10-8-14-5-2-12(10)9-15-21(19,20)16-6-3-11(4-7-16)13(17)18/h2,5,8,11,15H,3-4,6-7,9H2,1H3,(H,17,18). The molecular formula is C13H19N3O4S. The van der Waals surface area contributed by atoms with E-state index in [1.165, 1.54) is 4.31 Å². The van der Waals surface area contributed by atoms with Crippen LogP contribution in [0.4, 0.5) is 0 Å². The van der Waals surface area contributed by atoms with Crippen molar-refractivity contribution in [2.45, 2.75) is 26.3 Å². The Morgan fingerprint density at radius 2 is 2.14 bits per heavy atom. The topological polar surface area (TPSA) is 99.6 Å². The first kappa shape index (κ1) is 15.9. The number of hydrogen-bond acceptors (Lipinski definition) is 4. The van der Waals surface area contributed by atoms with Gasteiger partial charge in [0.1, 0.15) is 0 Å². The molecule has 0 spiro atoms. The van der Waals surface area contributed by atoms with E-state index in [9.17, 15) is 13.2 Å². The van der Waals surface area contributed by atoms with Crippen LogP contribution < -0.4 is 4.72 Å². The largest absolute Gasteiger partial charge is 0.481 e. The molecule has 0 aliphatic carbocycles. The molecule has 1 aliphatic heterocycles. The second kappa shape index (κ2) is 6.50. The average molecular weight is 313 g/mol. The third kappa shape index (κ3) is 3.99. The molecule has 8 heteroatoms. The molecule has 0 unspecified atom stereocenters. The molecule has 1 aromatic heterocycles. The average Bonchev–Trinajstić information content (AvgIpc) is 2.46. The number of hydrogen-bond donors (Lipinski definition) is 2. The van der Waals surface area contributed by atoms with E-state index in [-0.39, 0.29) is 19.6 Å². The lowest BCUT2D eigenvalue weighted by Gasteiger charge is -2.29. The number of nitrogens with zero attached hydrogens (tertiary/aromatic N) is 2. The highest BCUT2D eigenvalue weighted by Gasteiger charge is 2.30. The van der Waals surface area contributed by atoms with Crippen LogP contribution in [0.1, 0.15) is 24.0 Å². The van der Waals surface area contributed by atoms with E-state index in [1.54, 1.807) is 18.5 Å². The van der Waals surface area contributed by atoms with Gasteiger partial charge in [-0.1, -0.05) is 0 Å². The molecular weight excluding hydrogens is 294 g/mol. The van der Waals surface area contributed by atoms with Crippen LogP contribution in [-0.4, -0.2) is 41.9 Å². The van der Waals surface area contributed by atoms with Crippen molar-refractivity contribution in [3.05, 3.63) is 29.6 Å². The summed E-state index contributed by atoms with van der Waals surface area (Å²) in [7, 11) is -3.58. The predicted molar refractivity (Wildman–Crippen MR) is 76.7 cm³/mol. The van der Waals surface area contributed by atoms with Gasteiger partial charge in [-0.05, 0) is 37.0 Å². The molecule has 0 radical (unpaired) electrons. The summed E-state index contributed by atoms with van der Waals surface area (Å²) in [5.74, 6) is -1.30. The molecule has 0 bridgehead atoms. The van der Waals surface area contributed by atoms with E-state index in [0.717, 1.165) is 11.1 Å². The number of carboxylic acid groups (broad SMARTS) is 1. The van der Waals surface area contributed by atoms with Crippen LogP contribution in [0.3, 0.4) is 0 Å². The van der Waals surface area contributed by atoms with Crippen LogP contribution in [0, 0.1) is 12.8 Å². The molecule has 0 amide bonds. The smallest absolute Gasteiger partial charge is 0.306 e. The highest BCUT2D eigenvalue weighted by molar-refractivity contribution is 7.87. The molecule has 0 atom stereocenters. The first-order valence-electron chi connectivity index (χ1n) is 6.77. The number of rotatable bonds is 5. The molecule has 2 rings (SSSR count). The molecule has 21 heavy (non-hydrogen) atoms. The van der Waals surface area contributed by atoms with E-state index in [1.807, 2.05) is 6.92 Å². The van der Waals surface area contributed by atoms with Gasteiger partial charge in [-0.15, -0.1) is 0 Å². The minimum Gasteiger partial charge on any atom is -0.481 e. The molecule has 1 aliphatic rings. The maximum atomic E-state index is 12.2. The number of carbonyl (C=O) groups is 1. The molecule has 1 aromatic rings. The van der Waals surface area contributed by atoms with Crippen molar-refractivity contribution in [3.8, 4) is 0 Å². The van der Waals surface area contributed by atoms with E-state index in [4.69, 9.17) is 5.11 Å². The van der Waals surface area contributed by atoms with Crippen LogP contribution in [0.5, 0.6) is 0 Å². The van der Waals surface area contributed by atoms with Gasteiger partial charge in [0.15, 0.2) is 0 Å². The molecule has 0 aromatic carbocycles. The third-order valence-corrected chi connectivity index (χ3v) is 5.28. The fraction of sp³-hybridized carbons (Fsp3) is 0.538. The zero-order valence-corrected chi connectivity index (χ0v) is 12.6. The Hall–Kier alpha value is -1.51. The number of piperidine rings is 1. The van der Waals surface area contributed by atoms with Gasteiger partial charge in [0.2, 0.25) is 0 Å². The van der Waals surface area contributed by atoms with E-state index >= 15 is 0 Å². The third-order valence-electron chi connectivity index (χ3n) is 3.72. The maximum Gasteiger partial charge on any atom is 0.306 e. The molecule has 1 saturated heterocycles. The maximum absolute atomic E-state index is 12.2. The fourth-order valence-corrected chi connectivity index (χ4v) is 3.52. The SMILES string of the molecule is Cc1cnccc1CNS(=O)(=O)N1CCC(C(=O)O)CC1. The van der Waals surface area contributed by atoms with Crippen LogP contribution in [0.2, 0.25) is 0 Å². The van der Waals surface area contributed by atoms with Crippen LogP contribution in [0.25, 0.3) is 0 Å². The lowest BCUT2D eigenvalue weighted by molar-refractivity contribution is -0.142. The van der Waals surface area contributed by atoms with E-state index < -0.39 is 22.1 Å². The fourth-order valence-electron chi connectivity index (χ4n) is 2.30. The Labute approximate surface area is 124 Å². The summed E-state index contributed by atoms with van der Waals surface area (Å²) in [4.78, 5) is 14.8. The van der Waals surface area contributed by atoms with Crippen molar-refractivity contribution in [3.63, 3.8) is 0 Å². The van der Waals surface area contributed by atoms with Crippen LogP contribution >= 0.6 is 0 Å². The number of pyridine rings is 1. The van der Waals surface area contributed by atoms with Crippen molar-refractivity contribution in [2.24, 2.45) is 5.92 Å². The van der Waals surface area contributed by atoms with Gasteiger partial charge in [0.25, 0.3) is 10.2 Å². The minimum absolute atomic E-state index is 0.204. The van der Waals surface area contributed by atoms with Gasteiger partial charge in [-0.25, -0.2) is 0 Å². The second-order valence-electron chi connectivity index (χ2n) is 5.14. The molecule has 116 valence electrons. The number of nitrogens with one attached hydrogen (secondary N) is 1. The zero-order chi connectivity index (χ0) is 15.5. The highest BCUT2D eigenvalue weighted by atomic mass is 32.2. The van der Waals surface area contributed by atoms with Gasteiger partial charge in [0.05, 0.1) is 5.92 Å². The summed E-state index contributed by atoms with van der Waals surface area (Å²) in [6.45, 7) is 2.55. The summed E-state index contributed by atoms with van der Waals surface area (Å²) < 4.78 is 28.3. The summed E-state index contributed by atoms with van der Waals surface area (Å²) in [5, 5.41) is 8.92. The Morgan fingerprint density at radius 3 is 2.71 bits per heavy atom. The molecule has 7 nitrogen and oxygen atoms in total. The highest BCUT2D eigenvalue weighted by Crippen LogP contribution is 2.19. The van der Waals surface area contributed by atoms with Gasteiger partial charge in [-0.2, -0.15) is 17.4 Å². The van der Waals surface area contributed by atoms with Crippen LogP contribution in [0.15, 0.2) is 18.5 Å². The molecule has 0 saturated carbocycles. The molecule has 1 fully saturated rings. The molecule has 2 N–H and O–H groups in total. The van der Waals surface area contributed by atoms with Gasteiger partial charge >= 0.3 is 5.97 Å². The summed E-state index contributed by atoms with van der Waals surface area (Å²) in [6.07, 6.45) is 4.01. The zero-order valence-electron chi connectivity index (χ0n) is 11.8. The summed E-state index contributed by atoms with van der Waals surface area (Å²) in [5.41, 5.74) is 1.79. The Kier molecular flexibility index (Phi) is 4.92. The van der Waals surface area contributed by atoms with Crippen molar-refractivity contribution in [1.82, 2.24) is 14.0 Å². The minimum atomic E-state index is -3.58. The van der Waals surface area contributed by atoms with Crippen molar-refractivity contribution < 1.29 is 18.3 Å². The predicted octanol–water partition coefficient (Wildman–Crippen LogP) is 0.521.